The van der Waals surface area contributed by atoms with E-state index in [4.69, 9.17) is 4.74 Å². The number of hydrogen-bond donors (Lipinski definition) is 2. The second-order valence-corrected chi connectivity index (χ2v) is 7.41. The highest BCUT2D eigenvalue weighted by atomic mass is 127. The molecular weight excluding hydrogens is 469 g/mol. The average Bonchev–Trinajstić information content (AvgIpc) is 2.68. The van der Waals surface area contributed by atoms with Crippen LogP contribution in [0.25, 0.3) is 0 Å². The first-order valence-electron chi connectivity index (χ1n) is 9.38. The number of hydrogen-bond acceptors (Lipinski definition) is 4. The minimum atomic E-state index is 0. The van der Waals surface area contributed by atoms with Crippen molar-refractivity contribution in [3.05, 3.63) is 35.4 Å². The maximum absolute atomic E-state index is 12.0. The lowest BCUT2D eigenvalue weighted by molar-refractivity contribution is -0.00501. The number of nitrogens with one attached hydrogen (secondary N) is 2. The molecule has 0 aliphatic carbocycles. The molecule has 1 fully saturated rings. The first kappa shape index (κ1) is 24.6. The largest absolute Gasteiger partial charge is 0.381 e. The Morgan fingerprint density at radius 1 is 1.11 bits per heavy atom. The Labute approximate surface area is 185 Å². The molecule has 1 heterocycles. The molecule has 0 bridgehead atoms. The number of aliphatic imine (C=N–C) groups is 1. The van der Waals surface area contributed by atoms with Gasteiger partial charge in [0.2, 0.25) is 0 Å². The Kier molecular flexibility index (Phi) is 10.2. The minimum absolute atomic E-state index is 0. The molecule has 2 N–H and O–H groups in total. The molecule has 2 rings (SSSR count). The molecule has 1 aliphatic heterocycles. The van der Waals surface area contributed by atoms with Crippen LogP contribution in [-0.4, -0.2) is 82.2 Å². The summed E-state index contributed by atoms with van der Waals surface area (Å²) in [7, 11) is 9.54. The van der Waals surface area contributed by atoms with Gasteiger partial charge in [-0.3, -0.25) is 9.79 Å². The topological polar surface area (TPSA) is 69.2 Å². The van der Waals surface area contributed by atoms with Crippen LogP contribution in [0.2, 0.25) is 0 Å². The summed E-state index contributed by atoms with van der Waals surface area (Å²) in [6.07, 6.45) is 2.01. The molecule has 0 aromatic heterocycles. The predicted molar refractivity (Wildman–Crippen MR) is 125 cm³/mol. The number of amides is 1. The molecule has 28 heavy (non-hydrogen) atoms. The Bertz CT molecular complexity index is 641. The number of benzene rings is 1. The number of carbonyl (C=O) groups excluding carboxylic acids is 1. The highest BCUT2D eigenvalue weighted by molar-refractivity contribution is 14.0. The van der Waals surface area contributed by atoms with Gasteiger partial charge in [0.05, 0.1) is 0 Å². The van der Waals surface area contributed by atoms with Gasteiger partial charge in [-0.1, -0.05) is 12.1 Å². The molecule has 1 aromatic carbocycles. The van der Waals surface area contributed by atoms with Gasteiger partial charge >= 0.3 is 0 Å². The molecule has 8 heteroatoms. The van der Waals surface area contributed by atoms with Crippen molar-refractivity contribution in [2.24, 2.45) is 4.99 Å². The molecule has 0 spiro atoms. The Hall–Kier alpha value is -1.39. The monoisotopic (exact) mass is 503 g/mol. The number of nitrogens with zero attached hydrogens (tertiary/aromatic N) is 3. The molecular formula is C20H34IN5O2. The molecule has 1 amide bonds. The van der Waals surface area contributed by atoms with Crippen molar-refractivity contribution in [1.82, 2.24) is 20.4 Å². The van der Waals surface area contributed by atoms with Gasteiger partial charge < -0.3 is 25.2 Å². The number of likely N-dealkylation sites (N-methyl/N-ethyl adjacent to an activating group) is 1. The molecule has 1 aromatic rings. The Morgan fingerprint density at radius 3 is 2.21 bits per heavy atom. The predicted octanol–water partition coefficient (Wildman–Crippen LogP) is 1.78. The summed E-state index contributed by atoms with van der Waals surface area (Å²) < 4.78 is 5.53. The van der Waals surface area contributed by atoms with E-state index >= 15 is 0 Å². The standard InChI is InChI=1S/C20H33N5O2.HI/c1-21-19(23-15-20(25(4)5)10-12-27-13-11-20)22-14-16-6-8-17(9-7-16)18(26)24(2)3;/h6-9H,10-15H2,1-5H3,(H2,21,22,23);1H. The number of rotatable bonds is 6. The third kappa shape index (κ3) is 6.59. The van der Waals surface area contributed by atoms with Gasteiger partial charge in [0.25, 0.3) is 5.91 Å². The first-order chi connectivity index (χ1) is 12.9. The van der Waals surface area contributed by atoms with Gasteiger partial charge in [-0.2, -0.15) is 0 Å². The fourth-order valence-electron chi connectivity index (χ4n) is 3.21. The van der Waals surface area contributed by atoms with Gasteiger partial charge in [0.15, 0.2) is 5.96 Å². The van der Waals surface area contributed by atoms with Crippen LogP contribution in [0.3, 0.4) is 0 Å². The lowest BCUT2D eigenvalue weighted by atomic mass is 9.88. The number of halogens is 1. The van der Waals surface area contributed by atoms with Gasteiger partial charge in [-0.25, -0.2) is 0 Å². The number of ether oxygens (including phenoxy) is 1. The van der Waals surface area contributed by atoms with E-state index in [1.54, 1.807) is 26.0 Å². The maximum Gasteiger partial charge on any atom is 0.253 e. The third-order valence-corrected chi connectivity index (χ3v) is 5.25. The highest BCUT2D eigenvalue weighted by Crippen LogP contribution is 2.25. The smallest absolute Gasteiger partial charge is 0.253 e. The fraction of sp³-hybridized carbons (Fsp3) is 0.600. The summed E-state index contributed by atoms with van der Waals surface area (Å²) >= 11 is 0. The Balaban J connectivity index is 0.00000392. The normalized spacial score (nSPS) is 16.3. The summed E-state index contributed by atoms with van der Waals surface area (Å²) in [5.74, 6) is 0.786. The van der Waals surface area contributed by atoms with Crippen LogP contribution in [0.5, 0.6) is 0 Å². The van der Waals surface area contributed by atoms with E-state index in [0.717, 1.165) is 44.1 Å². The molecule has 0 radical (unpaired) electrons. The van der Waals surface area contributed by atoms with Crippen LogP contribution < -0.4 is 10.6 Å². The molecule has 0 unspecified atom stereocenters. The van der Waals surface area contributed by atoms with Crippen molar-refractivity contribution in [1.29, 1.82) is 0 Å². The van der Waals surface area contributed by atoms with Gasteiger partial charge in [0.1, 0.15) is 0 Å². The zero-order chi connectivity index (χ0) is 19.9. The van der Waals surface area contributed by atoms with Crippen molar-refractivity contribution in [2.45, 2.75) is 24.9 Å². The summed E-state index contributed by atoms with van der Waals surface area (Å²) in [6, 6.07) is 7.66. The van der Waals surface area contributed by atoms with Gasteiger partial charge in [0, 0.05) is 58.5 Å². The van der Waals surface area contributed by atoms with Crippen molar-refractivity contribution >= 4 is 35.8 Å². The maximum atomic E-state index is 12.0. The second kappa shape index (κ2) is 11.6. The lowest BCUT2D eigenvalue weighted by Gasteiger charge is -2.43. The van der Waals surface area contributed by atoms with Crippen LogP contribution in [0, 0.1) is 0 Å². The minimum Gasteiger partial charge on any atom is -0.381 e. The van der Waals surface area contributed by atoms with Crippen LogP contribution in [-0.2, 0) is 11.3 Å². The van der Waals surface area contributed by atoms with E-state index in [2.05, 4.69) is 34.6 Å². The van der Waals surface area contributed by atoms with Crippen LogP contribution in [0.4, 0.5) is 0 Å². The molecule has 158 valence electrons. The molecule has 7 nitrogen and oxygen atoms in total. The van der Waals surface area contributed by atoms with Crippen molar-refractivity contribution in [3.8, 4) is 0 Å². The molecule has 1 saturated heterocycles. The average molecular weight is 503 g/mol. The second-order valence-electron chi connectivity index (χ2n) is 7.41. The van der Waals surface area contributed by atoms with Gasteiger partial charge in [-0.15, -0.1) is 24.0 Å². The summed E-state index contributed by atoms with van der Waals surface area (Å²) in [5.41, 5.74) is 1.88. The van der Waals surface area contributed by atoms with E-state index in [-0.39, 0.29) is 35.4 Å². The lowest BCUT2D eigenvalue weighted by Crippen LogP contribution is -2.57. The van der Waals surface area contributed by atoms with Crippen molar-refractivity contribution < 1.29 is 9.53 Å². The van der Waals surface area contributed by atoms with Crippen LogP contribution >= 0.6 is 24.0 Å². The number of guanidine groups is 1. The highest BCUT2D eigenvalue weighted by Gasteiger charge is 2.34. The van der Waals surface area contributed by atoms with E-state index in [0.29, 0.717) is 12.1 Å². The quantitative estimate of drug-likeness (QED) is 0.352. The zero-order valence-electron chi connectivity index (χ0n) is 17.6. The van der Waals surface area contributed by atoms with Crippen LogP contribution in [0.1, 0.15) is 28.8 Å². The summed E-state index contributed by atoms with van der Waals surface area (Å²) in [6.45, 7) is 3.06. The first-order valence-corrected chi connectivity index (χ1v) is 9.38. The van der Waals surface area contributed by atoms with Gasteiger partial charge in [-0.05, 0) is 44.6 Å². The van der Waals surface area contributed by atoms with E-state index in [1.807, 2.05) is 24.3 Å². The van der Waals surface area contributed by atoms with Crippen LogP contribution in [0.15, 0.2) is 29.3 Å². The zero-order valence-corrected chi connectivity index (χ0v) is 19.9. The van der Waals surface area contributed by atoms with E-state index in [9.17, 15) is 4.79 Å². The van der Waals surface area contributed by atoms with Crippen molar-refractivity contribution in [2.75, 3.05) is 55.0 Å². The molecule has 1 aliphatic rings. The third-order valence-electron chi connectivity index (χ3n) is 5.25. The summed E-state index contributed by atoms with van der Waals surface area (Å²) in [5, 5.41) is 6.80. The Morgan fingerprint density at radius 2 is 1.71 bits per heavy atom. The van der Waals surface area contributed by atoms with Crippen molar-refractivity contribution in [3.63, 3.8) is 0 Å². The fourth-order valence-corrected chi connectivity index (χ4v) is 3.21. The van der Waals surface area contributed by atoms with E-state index < -0.39 is 0 Å². The summed E-state index contributed by atoms with van der Waals surface area (Å²) in [4.78, 5) is 20.2. The van der Waals surface area contributed by atoms with E-state index in [1.165, 1.54) is 0 Å². The SMILES string of the molecule is CN=C(NCc1ccc(C(=O)N(C)C)cc1)NCC1(N(C)C)CCOCC1.I. The molecule has 0 saturated carbocycles. The molecule has 0 atom stereocenters. The number of carbonyl (C=O) groups is 1.